The molecule has 0 radical (unpaired) electrons. The molecule has 0 aliphatic carbocycles. The van der Waals surface area contributed by atoms with Gasteiger partial charge in [-0.15, -0.1) is 0 Å². The number of aromatic nitrogens is 4. The van der Waals surface area contributed by atoms with Crippen LogP contribution in [0.3, 0.4) is 0 Å². The van der Waals surface area contributed by atoms with Crippen molar-refractivity contribution in [1.29, 1.82) is 0 Å². The van der Waals surface area contributed by atoms with Crippen molar-refractivity contribution in [3.8, 4) is 34.1 Å². The van der Waals surface area contributed by atoms with Gasteiger partial charge in [-0.2, -0.15) is 4.57 Å². The molecule has 0 saturated heterocycles. The molecule has 0 unspecified atom stereocenters. The van der Waals surface area contributed by atoms with Crippen LogP contribution in [0.2, 0.25) is 0 Å². The molecule has 0 atom stereocenters. The van der Waals surface area contributed by atoms with E-state index >= 15 is 0 Å². The van der Waals surface area contributed by atoms with E-state index in [0.29, 0.717) is 5.82 Å². The fourth-order valence-corrected chi connectivity index (χ4v) is 4.53. The first-order valence-electron chi connectivity index (χ1n) is 11.9. The first-order chi connectivity index (χ1) is 15.8. The minimum atomic E-state index is -0.187. The molecule has 0 saturated carbocycles. The zero-order valence-corrected chi connectivity index (χ0v) is 21.7. The molecule has 0 spiro atoms. The third kappa shape index (κ3) is 3.54. The molecule has 0 bridgehead atoms. The molecule has 1 aliphatic heterocycles. The van der Waals surface area contributed by atoms with Gasteiger partial charge in [-0.25, -0.2) is 15.0 Å². The maximum absolute atomic E-state index is 6.49. The standard InChI is InChI=1S/C29H33N4O/c1-16-13-18-11-10-12-20-23(18)22(17(16)2)24-21(34-20)14-19(15-33(24)9)25-30-26(28(3,4)5)32-27(31-25)29(6,7)8/h10-15H,1-9H3/q+1. The maximum atomic E-state index is 6.49. The minimum absolute atomic E-state index is 0.187. The molecule has 34 heavy (non-hydrogen) atoms. The Morgan fingerprint density at radius 1 is 0.824 bits per heavy atom. The molecule has 0 amide bonds. The van der Waals surface area contributed by atoms with Crippen LogP contribution in [-0.2, 0) is 17.9 Å². The molecule has 1 aliphatic rings. The van der Waals surface area contributed by atoms with Gasteiger partial charge >= 0.3 is 0 Å². The quantitative estimate of drug-likeness (QED) is 0.272. The van der Waals surface area contributed by atoms with E-state index in [1.54, 1.807) is 0 Å². The summed E-state index contributed by atoms with van der Waals surface area (Å²) in [5.74, 6) is 3.98. The Morgan fingerprint density at radius 3 is 2.09 bits per heavy atom. The number of ether oxygens (including phenoxy) is 1. The summed E-state index contributed by atoms with van der Waals surface area (Å²) in [6, 6.07) is 10.6. The smallest absolute Gasteiger partial charge is 0.256 e. The second-order valence-corrected chi connectivity index (χ2v) is 11.5. The van der Waals surface area contributed by atoms with Crippen molar-refractivity contribution in [2.24, 2.45) is 7.05 Å². The number of hydrogen-bond donors (Lipinski definition) is 0. The summed E-state index contributed by atoms with van der Waals surface area (Å²) in [7, 11) is 2.07. The fraction of sp³-hybridized carbons (Fsp3) is 0.379. The Labute approximate surface area is 201 Å². The third-order valence-corrected chi connectivity index (χ3v) is 6.54. The lowest BCUT2D eigenvalue weighted by Crippen LogP contribution is -2.33. The second-order valence-electron chi connectivity index (χ2n) is 11.5. The van der Waals surface area contributed by atoms with Gasteiger partial charge in [0.15, 0.2) is 17.8 Å². The van der Waals surface area contributed by atoms with Gasteiger partial charge in [-0.1, -0.05) is 59.7 Å². The first-order valence-corrected chi connectivity index (χ1v) is 11.9. The van der Waals surface area contributed by atoms with Crippen LogP contribution in [-0.4, -0.2) is 15.0 Å². The predicted molar refractivity (Wildman–Crippen MR) is 136 cm³/mol. The summed E-state index contributed by atoms with van der Waals surface area (Å²) >= 11 is 0. The highest BCUT2D eigenvalue weighted by Gasteiger charge is 2.32. The van der Waals surface area contributed by atoms with E-state index in [0.717, 1.165) is 34.4 Å². The van der Waals surface area contributed by atoms with Crippen molar-refractivity contribution >= 4 is 10.8 Å². The number of pyridine rings is 1. The molecule has 5 heteroatoms. The number of benzene rings is 2. The lowest BCUT2D eigenvalue weighted by atomic mass is 9.90. The monoisotopic (exact) mass is 453 g/mol. The lowest BCUT2D eigenvalue weighted by molar-refractivity contribution is -0.660. The molecular weight excluding hydrogens is 420 g/mol. The molecule has 0 fully saturated rings. The van der Waals surface area contributed by atoms with Gasteiger partial charge in [0, 0.05) is 22.3 Å². The highest BCUT2D eigenvalue weighted by Crippen LogP contribution is 2.47. The van der Waals surface area contributed by atoms with Crippen LogP contribution < -0.4 is 9.30 Å². The van der Waals surface area contributed by atoms with Gasteiger partial charge < -0.3 is 4.74 Å². The van der Waals surface area contributed by atoms with Crippen molar-refractivity contribution in [3.63, 3.8) is 0 Å². The van der Waals surface area contributed by atoms with E-state index in [2.05, 4.69) is 104 Å². The van der Waals surface area contributed by atoms with E-state index < -0.39 is 0 Å². The maximum Gasteiger partial charge on any atom is 0.256 e. The highest BCUT2D eigenvalue weighted by atomic mass is 16.5. The summed E-state index contributed by atoms with van der Waals surface area (Å²) in [4.78, 5) is 14.6. The molecule has 0 N–H and O–H groups in total. The largest absolute Gasteiger partial charge is 0.450 e. The molecular formula is C29H33N4O+. The summed E-state index contributed by atoms with van der Waals surface area (Å²) in [6.45, 7) is 17.2. The number of nitrogens with zero attached hydrogens (tertiary/aromatic N) is 4. The van der Waals surface area contributed by atoms with E-state index in [9.17, 15) is 0 Å². The van der Waals surface area contributed by atoms with Gasteiger partial charge in [-0.3, -0.25) is 0 Å². The van der Waals surface area contributed by atoms with E-state index in [1.165, 1.54) is 27.5 Å². The van der Waals surface area contributed by atoms with Gasteiger partial charge in [-0.05, 0) is 36.4 Å². The Kier molecular flexibility index (Phi) is 4.84. The Morgan fingerprint density at radius 2 is 1.47 bits per heavy atom. The summed E-state index contributed by atoms with van der Waals surface area (Å²) in [5, 5.41) is 2.37. The molecule has 2 aromatic carbocycles. The second kappa shape index (κ2) is 7.33. The molecule has 3 heterocycles. The average molecular weight is 454 g/mol. The van der Waals surface area contributed by atoms with E-state index in [-0.39, 0.29) is 10.8 Å². The van der Waals surface area contributed by atoms with Crippen LogP contribution in [0.15, 0.2) is 36.5 Å². The van der Waals surface area contributed by atoms with E-state index in [4.69, 9.17) is 19.7 Å². The molecule has 2 aromatic heterocycles. The SMILES string of the molecule is Cc1cc2cccc3c2c(c1C)-c1c(cc(-c2nc(C(C)(C)C)nc(C(C)(C)C)n2)c[n+]1C)O3. The van der Waals surface area contributed by atoms with Crippen LogP contribution in [0, 0.1) is 13.8 Å². The normalized spacial score (nSPS) is 13.1. The minimum Gasteiger partial charge on any atom is -0.450 e. The summed E-state index contributed by atoms with van der Waals surface area (Å²) in [6.07, 6.45) is 2.11. The van der Waals surface area contributed by atoms with E-state index in [1.807, 2.05) is 0 Å². The first kappa shape index (κ1) is 22.5. The summed E-state index contributed by atoms with van der Waals surface area (Å²) < 4.78 is 8.64. The van der Waals surface area contributed by atoms with Crippen LogP contribution in [0.25, 0.3) is 33.4 Å². The molecule has 4 aromatic rings. The highest BCUT2D eigenvalue weighted by molar-refractivity contribution is 6.04. The number of aryl methyl sites for hydroxylation is 2. The predicted octanol–water partition coefficient (Wildman–Crippen LogP) is 6.50. The van der Waals surface area contributed by atoms with Crippen molar-refractivity contribution in [2.75, 3.05) is 0 Å². The fourth-order valence-electron chi connectivity index (χ4n) is 4.53. The van der Waals surface area contributed by atoms with Gasteiger partial charge in [0.1, 0.15) is 24.4 Å². The van der Waals surface area contributed by atoms with Crippen LogP contribution in [0.4, 0.5) is 0 Å². The Hall–Kier alpha value is -3.34. The zero-order chi connectivity index (χ0) is 24.6. The number of rotatable bonds is 1. The Balaban J connectivity index is 1.77. The van der Waals surface area contributed by atoms with Crippen LogP contribution in [0.5, 0.6) is 11.5 Å². The van der Waals surface area contributed by atoms with Crippen LogP contribution in [0.1, 0.15) is 64.3 Å². The molecule has 5 nitrogen and oxygen atoms in total. The molecule has 5 rings (SSSR count). The lowest BCUT2D eigenvalue weighted by Gasteiger charge is -2.23. The zero-order valence-electron chi connectivity index (χ0n) is 21.7. The average Bonchev–Trinajstić information content (AvgIpc) is 2.75. The van der Waals surface area contributed by atoms with Crippen molar-refractivity contribution < 1.29 is 9.30 Å². The number of fused-ring (bicyclic) bond motifs is 2. The van der Waals surface area contributed by atoms with Crippen molar-refractivity contribution in [1.82, 2.24) is 15.0 Å². The van der Waals surface area contributed by atoms with Gasteiger partial charge in [0.25, 0.3) is 5.69 Å². The topological polar surface area (TPSA) is 51.8 Å². The Bertz CT molecular complexity index is 1440. The van der Waals surface area contributed by atoms with Crippen molar-refractivity contribution in [2.45, 2.75) is 66.2 Å². The molecule has 174 valence electrons. The third-order valence-electron chi connectivity index (χ3n) is 6.54. The van der Waals surface area contributed by atoms with Gasteiger partial charge in [0.05, 0.1) is 11.1 Å². The van der Waals surface area contributed by atoms with Crippen LogP contribution >= 0.6 is 0 Å². The summed E-state index contributed by atoms with van der Waals surface area (Å²) in [5.41, 5.74) is 5.41. The number of hydrogen-bond acceptors (Lipinski definition) is 4. The van der Waals surface area contributed by atoms with Crippen molar-refractivity contribution in [3.05, 3.63) is 59.3 Å². The van der Waals surface area contributed by atoms with Gasteiger partial charge in [0.2, 0.25) is 0 Å².